The number of hydrogen-bond donors (Lipinski definition) is 0. The van der Waals surface area contributed by atoms with Crippen molar-refractivity contribution in [1.82, 2.24) is 4.98 Å². The molecule has 0 spiro atoms. The van der Waals surface area contributed by atoms with Gasteiger partial charge in [0.15, 0.2) is 0 Å². The van der Waals surface area contributed by atoms with Crippen LogP contribution >= 0.6 is 15.9 Å². The first-order valence-corrected chi connectivity index (χ1v) is 7.60. The molecule has 0 radical (unpaired) electrons. The molecular formula is C18H16BrNO. The fourth-order valence-corrected chi connectivity index (χ4v) is 3.09. The van der Waals surface area contributed by atoms with Gasteiger partial charge in [-0.3, -0.25) is 0 Å². The third-order valence-electron chi connectivity index (χ3n) is 3.58. The Hall–Kier alpha value is -1.87. The van der Waals surface area contributed by atoms with Gasteiger partial charge in [0, 0.05) is 16.3 Å². The fourth-order valence-electron chi connectivity index (χ4n) is 2.42. The second-order valence-electron chi connectivity index (χ2n) is 5.20. The highest BCUT2D eigenvalue weighted by atomic mass is 79.9. The molecule has 0 atom stereocenters. The molecule has 3 aromatic rings. The number of aromatic nitrogens is 1. The standard InChI is InChI=1S/C18H16BrNO/c1-11-4-7-13(8-5-11)17-16(19)14-9-6-12(2)10-15(14)18(20-17)21-3/h4-10H,1-3H3. The average Bonchev–Trinajstić information content (AvgIpc) is 2.49. The quantitative estimate of drug-likeness (QED) is 0.631. The Morgan fingerprint density at radius 2 is 1.57 bits per heavy atom. The van der Waals surface area contributed by atoms with Crippen LogP contribution in [0.1, 0.15) is 11.1 Å². The normalized spacial score (nSPS) is 10.9. The fraction of sp³-hybridized carbons (Fsp3) is 0.167. The Labute approximate surface area is 132 Å². The monoisotopic (exact) mass is 341 g/mol. The molecule has 2 aromatic carbocycles. The number of fused-ring (bicyclic) bond motifs is 1. The summed E-state index contributed by atoms with van der Waals surface area (Å²) in [4.78, 5) is 4.69. The van der Waals surface area contributed by atoms with Gasteiger partial charge in [0.1, 0.15) is 0 Å². The van der Waals surface area contributed by atoms with Gasteiger partial charge in [-0.1, -0.05) is 47.5 Å². The maximum Gasteiger partial charge on any atom is 0.221 e. The molecule has 0 bridgehead atoms. The van der Waals surface area contributed by atoms with Crippen LogP contribution in [-0.2, 0) is 0 Å². The Morgan fingerprint density at radius 1 is 0.905 bits per heavy atom. The molecule has 0 aliphatic rings. The van der Waals surface area contributed by atoms with E-state index in [-0.39, 0.29) is 0 Å². The van der Waals surface area contributed by atoms with Gasteiger partial charge in [-0.25, -0.2) is 4.98 Å². The number of ether oxygens (including phenoxy) is 1. The van der Waals surface area contributed by atoms with Crippen LogP contribution in [0.15, 0.2) is 46.9 Å². The lowest BCUT2D eigenvalue weighted by Gasteiger charge is -2.12. The summed E-state index contributed by atoms with van der Waals surface area (Å²) in [5, 5.41) is 2.14. The van der Waals surface area contributed by atoms with Crippen molar-refractivity contribution in [3.05, 3.63) is 58.1 Å². The van der Waals surface area contributed by atoms with Crippen LogP contribution < -0.4 is 4.74 Å². The van der Waals surface area contributed by atoms with Crippen molar-refractivity contribution in [2.75, 3.05) is 7.11 Å². The van der Waals surface area contributed by atoms with Crippen molar-refractivity contribution in [3.63, 3.8) is 0 Å². The van der Waals surface area contributed by atoms with E-state index in [1.54, 1.807) is 7.11 Å². The molecule has 3 heteroatoms. The molecule has 0 N–H and O–H groups in total. The number of halogens is 1. The van der Waals surface area contributed by atoms with Crippen molar-refractivity contribution in [2.45, 2.75) is 13.8 Å². The summed E-state index contributed by atoms with van der Waals surface area (Å²) in [6, 6.07) is 14.7. The van der Waals surface area contributed by atoms with Crippen LogP contribution in [0.25, 0.3) is 22.0 Å². The number of aryl methyl sites for hydroxylation is 2. The van der Waals surface area contributed by atoms with E-state index in [4.69, 9.17) is 9.72 Å². The van der Waals surface area contributed by atoms with Gasteiger partial charge >= 0.3 is 0 Å². The predicted molar refractivity (Wildman–Crippen MR) is 90.9 cm³/mol. The topological polar surface area (TPSA) is 22.1 Å². The van der Waals surface area contributed by atoms with Crippen LogP contribution in [0.5, 0.6) is 5.88 Å². The van der Waals surface area contributed by atoms with E-state index in [1.807, 2.05) is 0 Å². The summed E-state index contributed by atoms with van der Waals surface area (Å²) in [6.45, 7) is 4.15. The van der Waals surface area contributed by atoms with Crippen LogP contribution in [-0.4, -0.2) is 12.1 Å². The number of nitrogens with zero attached hydrogens (tertiary/aromatic N) is 1. The molecule has 0 saturated heterocycles. The van der Waals surface area contributed by atoms with Gasteiger partial charge in [-0.05, 0) is 35.8 Å². The maximum atomic E-state index is 5.49. The summed E-state index contributed by atoms with van der Waals surface area (Å²) < 4.78 is 6.49. The summed E-state index contributed by atoms with van der Waals surface area (Å²) in [6.07, 6.45) is 0. The number of hydrogen-bond acceptors (Lipinski definition) is 2. The van der Waals surface area contributed by atoms with Crippen LogP contribution in [0.2, 0.25) is 0 Å². The van der Waals surface area contributed by atoms with Crippen molar-refractivity contribution in [2.24, 2.45) is 0 Å². The van der Waals surface area contributed by atoms with E-state index >= 15 is 0 Å². The molecule has 0 amide bonds. The largest absolute Gasteiger partial charge is 0.481 e. The maximum absolute atomic E-state index is 5.49. The molecule has 1 heterocycles. The number of rotatable bonds is 2. The molecule has 2 nitrogen and oxygen atoms in total. The second-order valence-corrected chi connectivity index (χ2v) is 5.99. The van der Waals surface area contributed by atoms with Gasteiger partial charge in [0.2, 0.25) is 5.88 Å². The SMILES string of the molecule is COc1nc(-c2ccc(C)cc2)c(Br)c2ccc(C)cc12. The zero-order valence-corrected chi connectivity index (χ0v) is 13.9. The van der Waals surface area contributed by atoms with Gasteiger partial charge < -0.3 is 4.74 Å². The van der Waals surface area contributed by atoms with E-state index < -0.39 is 0 Å². The second kappa shape index (κ2) is 5.49. The number of pyridine rings is 1. The van der Waals surface area contributed by atoms with E-state index in [2.05, 4.69) is 72.2 Å². The molecule has 0 aliphatic carbocycles. The molecule has 0 fully saturated rings. The highest BCUT2D eigenvalue weighted by molar-refractivity contribution is 9.10. The summed E-state index contributed by atoms with van der Waals surface area (Å²) in [7, 11) is 1.66. The van der Waals surface area contributed by atoms with E-state index in [9.17, 15) is 0 Å². The van der Waals surface area contributed by atoms with Gasteiger partial charge in [-0.2, -0.15) is 0 Å². The molecular weight excluding hydrogens is 326 g/mol. The van der Waals surface area contributed by atoms with Crippen molar-refractivity contribution in [1.29, 1.82) is 0 Å². The van der Waals surface area contributed by atoms with Crippen LogP contribution in [0.4, 0.5) is 0 Å². The minimum absolute atomic E-state index is 0.660. The molecule has 1 aromatic heterocycles. The minimum Gasteiger partial charge on any atom is -0.481 e. The summed E-state index contributed by atoms with van der Waals surface area (Å²) >= 11 is 3.71. The predicted octanol–water partition coefficient (Wildman–Crippen LogP) is 5.29. The lowest BCUT2D eigenvalue weighted by Crippen LogP contribution is -1.95. The van der Waals surface area contributed by atoms with Crippen molar-refractivity contribution in [3.8, 4) is 17.1 Å². The molecule has 106 valence electrons. The first kappa shape index (κ1) is 14.1. The van der Waals surface area contributed by atoms with Gasteiger partial charge in [0.25, 0.3) is 0 Å². The van der Waals surface area contributed by atoms with Crippen LogP contribution in [0, 0.1) is 13.8 Å². The van der Waals surface area contributed by atoms with Gasteiger partial charge in [0.05, 0.1) is 17.3 Å². The zero-order valence-electron chi connectivity index (χ0n) is 12.3. The smallest absolute Gasteiger partial charge is 0.221 e. The third kappa shape index (κ3) is 2.54. The molecule has 0 saturated carbocycles. The summed E-state index contributed by atoms with van der Waals surface area (Å²) in [5.41, 5.74) is 4.41. The lowest BCUT2D eigenvalue weighted by atomic mass is 10.0. The highest BCUT2D eigenvalue weighted by Gasteiger charge is 2.14. The Morgan fingerprint density at radius 3 is 2.24 bits per heavy atom. The van der Waals surface area contributed by atoms with E-state index in [1.165, 1.54) is 11.1 Å². The van der Waals surface area contributed by atoms with E-state index in [0.717, 1.165) is 26.5 Å². The first-order valence-electron chi connectivity index (χ1n) is 6.81. The average molecular weight is 342 g/mol. The number of methoxy groups -OCH3 is 1. The Balaban J connectivity index is 2.31. The highest BCUT2D eigenvalue weighted by Crippen LogP contribution is 2.37. The van der Waals surface area contributed by atoms with Gasteiger partial charge in [-0.15, -0.1) is 0 Å². The van der Waals surface area contributed by atoms with Crippen molar-refractivity contribution >= 4 is 26.7 Å². The Bertz CT molecular complexity index is 810. The number of benzene rings is 2. The van der Waals surface area contributed by atoms with Crippen molar-refractivity contribution < 1.29 is 4.74 Å². The minimum atomic E-state index is 0.660. The molecule has 0 aliphatic heterocycles. The molecule has 21 heavy (non-hydrogen) atoms. The van der Waals surface area contributed by atoms with E-state index in [0.29, 0.717) is 5.88 Å². The third-order valence-corrected chi connectivity index (χ3v) is 4.38. The molecule has 3 rings (SSSR count). The lowest BCUT2D eigenvalue weighted by molar-refractivity contribution is 0.404. The molecule has 0 unspecified atom stereocenters. The zero-order chi connectivity index (χ0) is 15.0. The Kier molecular flexibility index (Phi) is 3.68. The summed E-state index contributed by atoms with van der Waals surface area (Å²) in [5.74, 6) is 0.660. The first-order chi connectivity index (χ1) is 10.1. The van der Waals surface area contributed by atoms with Crippen LogP contribution in [0.3, 0.4) is 0 Å².